The summed E-state index contributed by atoms with van der Waals surface area (Å²) in [5.41, 5.74) is 6.09. The first-order chi connectivity index (χ1) is 18.2. The van der Waals surface area contributed by atoms with Gasteiger partial charge in [0, 0.05) is 12.0 Å². The number of oxime groups is 1. The summed E-state index contributed by atoms with van der Waals surface area (Å²) in [7, 11) is 2.75. The Labute approximate surface area is 217 Å². The Kier molecular flexibility index (Phi) is 9.22. The maximum absolute atomic E-state index is 12.9. The number of methoxy groups -OCH3 is 1. The lowest BCUT2D eigenvalue weighted by molar-refractivity contribution is -0.160. The molecule has 13 heteroatoms. The van der Waals surface area contributed by atoms with Crippen molar-refractivity contribution in [3.63, 3.8) is 0 Å². The smallest absolute Gasteiger partial charge is 0.331 e. The summed E-state index contributed by atoms with van der Waals surface area (Å²) in [5.74, 6) is -2.61. The average Bonchev–Trinajstić information content (AvgIpc) is 2.91. The number of amides is 2. The molecule has 0 aliphatic carbocycles. The quantitative estimate of drug-likeness (QED) is 0.161. The molecular formula is C25H28N4O9. The van der Waals surface area contributed by atoms with Crippen LogP contribution in [-0.4, -0.2) is 84.0 Å². The Morgan fingerprint density at radius 1 is 1.05 bits per heavy atom. The number of nitrogens with one attached hydrogen (secondary N) is 1. The highest BCUT2D eigenvalue weighted by Gasteiger charge is 2.45. The number of carboxylic acids is 2. The van der Waals surface area contributed by atoms with Crippen molar-refractivity contribution in [2.24, 2.45) is 10.9 Å². The van der Waals surface area contributed by atoms with Crippen molar-refractivity contribution in [1.82, 2.24) is 10.2 Å². The molecular weight excluding hydrogens is 500 g/mol. The highest BCUT2D eigenvalue weighted by atomic mass is 16.6. The van der Waals surface area contributed by atoms with E-state index in [4.69, 9.17) is 25.2 Å². The maximum atomic E-state index is 12.9. The van der Waals surface area contributed by atoms with Gasteiger partial charge < -0.3 is 40.5 Å². The highest BCUT2D eigenvalue weighted by Crippen LogP contribution is 2.29. The van der Waals surface area contributed by atoms with Crippen LogP contribution in [-0.2, 0) is 24.0 Å². The third-order valence-electron chi connectivity index (χ3n) is 5.78. The molecule has 5 N–H and O–H groups in total. The van der Waals surface area contributed by atoms with Crippen LogP contribution in [0.2, 0.25) is 0 Å². The van der Waals surface area contributed by atoms with Gasteiger partial charge in [-0.3, -0.25) is 14.4 Å². The van der Waals surface area contributed by atoms with Gasteiger partial charge in [-0.05, 0) is 42.0 Å². The van der Waals surface area contributed by atoms with Crippen LogP contribution >= 0.6 is 0 Å². The molecule has 0 bridgehead atoms. The summed E-state index contributed by atoms with van der Waals surface area (Å²) in [5, 5.41) is 24.9. The van der Waals surface area contributed by atoms with E-state index in [0.717, 1.165) is 4.90 Å². The molecule has 2 aromatic rings. The molecule has 1 fully saturated rings. The standard InChI is InChI=1S/C25H28N4O9/c1-36-16-7-5-15(6-8-16)21(25(34)35)29-13-19(23(29)31)27-22(30)20(28-37-2)14-3-9-17(10-4-14)38-12-11-18(26)24(32)33/h3-10,18-19,21H,11-13,26H2,1-2H3,(H,27,30)(H,32,33)(H,34,35)/b28-20-. The summed E-state index contributed by atoms with van der Waals surface area (Å²) >= 11 is 0. The molecule has 0 spiro atoms. The zero-order valence-electron chi connectivity index (χ0n) is 20.7. The largest absolute Gasteiger partial charge is 0.497 e. The lowest BCUT2D eigenvalue weighted by Gasteiger charge is -2.42. The van der Waals surface area contributed by atoms with Gasteiger partial charge in [0.15, 0.2) is 11.8 Å². The lowest BCUT2D eigenvalue weighted by atomic mass is 9.97. The monoisotopic (exact) mass is 528 g/mol. The fourth-order valence-electron chi connectivity index (χ4n) is 3.71. The molecule has 202 valence electrons. The van der Waals surface area contributed by atoms with Gasteiger partial charge in [-0.1, -0.05) is 17.3 Å². The van der Waals surface area contributed by atoms with Crippen molar-refractivity contribution < 1.29 is 43.7 Å². The first-order valence-corrected chi connectivity index (χ1v) is 11.5. The number of hydrogen-bond donors (Lipinski definition) is 4. The molecule has 1 heterocycles. The summed E-state index contributed by atoms with van der Waals surface area (Å²) in [4.78, 5) is 54.3. The van der Waals surface area contributed by atoms with E-state index in [-0.39, 0.29) is 25.3 Å². The van der Waals surface area contributed by atoms with Gasteiger partial charge in [0.1, 0.15) is 30.7 Å². The fourth-order valence-corrected chi connectivity index (χ4v) is 3.71. The summed E-state index contributed by atoms with van der Waals surface area (Å²) in [6.45, 7) is 0.0690. The van der Waals surface area contributed by atoms with Gasteiger partial charge in [-0.15, -0.1) is 0 Å². The number of hydrogen-bond acceptors (Lipinski definition) is 9. The van der Waals surface area contributed by atoms with E-state index in [2.05, 4.69) is 10.5 Å². The minimum Gasteiger partial charge on any atom is -0.497 e. The van der Waals surface area contributed by atoms with Crippen LogP contribution < -0.4 is 20.5 Å². The molecule has 3 rings (SSSR count). The first-order valence-electron chi connectivity index (χ1n) is 11.5. The van der Waals surface area contributed by atoms with E-state index >= 15 is 0 Å². The van der Waals surface area contributed by atoms with E-state index < -0.39 is 41.9 Å². The summed E-state index contributed by atoms with van der Waals surface area (Å²) in [6, 6.07) is 9.34. The van der Waals surface area contributed by atoms with Crippen molar-refractivity contribution in [2.45, 2.75) is 24.5 Å². The van der Waals surface area contributed by atoms with E-state index in [1.165, 1.54) is 14.2 Å². The lowest BCUT2D eigenvalue weighted by Crippen LogP contribution is -2.66. The van der Waals surface area contributed by atoms with Crippen molar-refractivity contribution in [3.8, 4) is 11.5 Å². The van der Waals surface area contributed by atoms with Crippen LogP contribution in [0.4, 0.5) is 0 Å². The van der Waals surface area contributed by atoms with Crippen LogP contribution in [0.25, 0.3) is 0 Å². The van der Waals surface area contributed by atoms with Crippen LogP contribution in [0, 0.1) is 0 Å². The molecule has 13 nitrogen and oxygen atoms in total. The normalized spacial score (nSPS) is 16.6. The Bertz CT molecular complexity index is 1200. The summed E-state index contributed by atoms with van der Waals surface area (Å²) in [6.07, 6.45) is 0.115. The number of likely N-dealkylation sites (tertiary alicyclic amines) is 1. The zero-order chi connectivity index (χ0) is 27.8. The molecule has 2 aromatic carbocycles. The average molecular weight is 529 g/mol. The molecule has 0 saturated carbocycles. The Balaban J connectivity index is 1.62. The van der Waals surface area contributed by atoms with Crippen LogP contribution in [0.5, 0.6) is 11.5 Å². The van der Waals surface area contributed by atoms with E-state index in [9.17, 15) is 24.3 Å². The third-order valence-corrected chi connectivity index (χ3v) is 5.78. The number of β-lactam (4-membered cyclic amide) rings is 1. The molecule has 1 aliphatic rings. The number of carboxylic acid groups (broad SMARTS) is 2. The molecule has 1 aliphatic heterocycles. The number of aliphatic carboxylic acids is 2. The molecule has 0 aromatic heterocycles. The molecule has 2 amide bonds. The number of carbonyl (C=O) groups is 4. The summed E-state index contributed by atoms with van der Waals surface area (Å²) < 4.78 is 10.6. The second-order valence-corrected chi connectivity index (χ2v) is 8.26. The van der Waals surface area contributed by atoms with Gasteiger partial charge in [-0.25, -0.2) is 4.79 Å². The minimum atomic E-state index is -1.22. The van der Waals surface area contributed by atoms with Crippen molar-refractivity contribution in [1.29, 1.82) is 0 Å². The number of nitrogens with zero attached hydrogens (tertiary/aromatic N) is 2. The van der Waals surface area contributed by atoms with E-state index in [1.807, 2.05) is 0 Å². The first kappa shape index (κ1) is 27.9. The van der Waals surface area contributed by atoms with Crippen molar-refractivity contribution in [2.75, 3.05) is 27.4 Å². The van der Waals surface area contributed by atoms with Crippen LogP contribution in [0.15, 0.2) is 53.7 Å². The second kappa shape index (κ2) is 12.5. The van der Waals surface area contributed by atoms with Crippen LogP contribution in [0.1, 0.15) is 23.6 Å². The molecule has 38 heavy (non-hydrogen) atoms. The Morgan fingerprint density at radius 3 is 2.21 bits per heavy atom. The number of carbonyl (C=O) groups excluding carboxylic acids is 2. The topological polar surface area (TPSA) is 190 Å². The number of ether oxygens (including phenoxy) is 2. The molecule has 0 radical (unpaired) electrons. The molecule has 3 unspecified atom stereocenters. The second-order valence-electron chi connectivity index (χ2n) is 8.26. The predicted molar refractivity (Wildman–Crippen MR) is 133 cm³/mol. The molecule has 3 atom stereocenters. The highest BCUT2D eigenvalue weighted by molar-refractivity contribution is 6.45. The number of rotatable bonds is 13. The van der Waals surface area contributed by atoms with Crippen molar-refractivity contribution >= 4 is 29.5 Å². The third kappa shape index (κ3) is 6.56. The van der Waals surface area contributed by atoms with Crippen LogP contribution in [0.3, 0.4) is 0 Å². The van der Waals surface area contributed by atoms with Gasteiger partial charge in [0.25, 0.3) is 5.91 Å². The van der Waals surface area contributed by atoms with E-state index in [1.54, 1.807) is 48.5 Å². The van der Waals surface area contributed by atoms with Gasteiger partial charge in [0.2, 0.25) is 5.91 Å². The minimum absolute atomic E-state index is 0.0148. The van der Waals surface area contributed by atoms with Gasteiger partial charge in [-0.2, -0.15) is 0 Å². The predicted octanol–water partition coefficient (Wildman–Crippen LogP) is 0.379. The van der Waals surface area contributed by atoms with E-state index in [0.29, 0.717) is 22.6 Å². The van der Waals surface area contributed by atoms with Crippen molar-refractivity contribution in [3.05, 3.63) is 59.7 Å². The van der Waals surface area contributed by atoms with Gasteiger partial charge in [0.05, 0.1) is 20.3 Å². The SMILES string of the molecule is CO/N=C(\C(=O)NC1CN(C(C(=O)O)c2ccc(OC)cc2)C1=O)c1ccc(OCCC(N)C(=O)O)cc1. The number of benzene rings is 2. The Morgan fingerprint density at radius 2 is 1.68 bits per heavy atom. The van der Waals surface area contributed by atoms with Gasteiger partial charge >= 0.3 is 11.9 Å². The number of nitrogens with two attached hydrogens (primary N) is 1. The maximum Gasteiger partial charge on any atom is 0.331 e. The fraction of sp³-hybridized carbons (Fsp3) is 0.320. The molecule has 1 saturated heterocycles. The Hall–Kier alpha value is -4.65. The zero-order valence-corrected chi connectivity index (χ0v) is 20.7.